The van der Waals surface area contributed by atoms with Gasteiger partial charge in [0.1, 0.15) is 0 Å². The number of alkyl halides is 3. The monoisotopic (exact) mass is 670 g/mol. The summed E-state index contributed by atoms with van der Waals surface area (Å²) in [4.78, 5) is 35.7. The van der Waals surface area contributed by atoms with Crippen molar-refractivity contribution in [2.24, 2.45) is 0 Å². The molecular weight excluding hydrogens is 633 g/mol. The molecule has 4 heterocycles. The van der Waals surface area contributed by atoms with Crippen molar-refractivity contribution in [3.05, 3.63) is 53.7 Å². The molecule has 0 atom stereocenters. The number of carbonyl (C=O) groups excluding carboxylic acids is 2. The molecule has 4 aromatic rings. The predicted molar refractivity (Wildman–Crippen MR) is 168 cm³/mol. The average Bonchev–Trinajstić information content (AvgIpc) is 3.68. The number of morpholine rings is 1. The molecule has 256 valence electrons. The number of hydrogen-bond acceptors (Lipinski definition) is 10. The lowest BCUT2D eigenvalue weighted by molar-refractivity contribution is -0.141. The largest absolute Gasteiger partial charge is 0.435 e. The number of rotatable bonds is 14. The van der Waals surface area contributed by atoms with Crippen LogP contribution in [0.3, 0.4) is 0 Å². The van der Waals surface area contributed by atoms with Crippen molar-refractivity contribution in [1.29, 1.82) is 0 Å². The Morgan fingerprint density at radius 3 is 2.69 bits per heavy atom. The molecule has 0 spiro atoms. The zero-order valence-electron chi connectivity index (χ0n) is 26.5. The van der Waals surface area contributed by atoms with Gasteiger partial charge in [0.25, 0.3) is 12.4 Å². The van der Waals surface area contributed by atoms with E-state index >= 15 is 0 Å². The van der Waals surface area contributed by atoms with Crippen molar-refractivity contribution >= 4 is 29.5 Å². The normalized spacial score (nSPS) is 15.8. The van der Waals surface area contributed by atoms with Crippen molar-refractivity contribution < 1.29 is 37.0 Å². The van der Waals surface area contributed by atoms with Crippen molar-refractivity contribution in [3.8, 4) is 17.0 Å². The van der Waals surface area contributed by atoms with E-state index in [4.69, 9.17) is 14.2 Å². The Balaban J connectivity index is 1.19. The Bertz CT molecular complexity index is 1750. The van der Waals surface area contributed by atoms with Crippen LogP contribution >= 0.6 is 0 Å². The smallest absolute Gasteiger partial charge is 0.426 e. The van der Waals surface area contributed by atoms with Crippen LogP contribution in [0.2, 0.25) is 0 Å². The first-order chi connectivity index (χ1) is 23.3. The van der Waals surface area contributed by atoms with Crippen molar-refractivity contribution in [2.45, 2.75) is 44.8 Å². The summed E-state index contributed by atoms with van der Waals surface area (Å²) in [6, 6.07) is 3.12. The lowest BCUT2D eigenvalue weighted by Crippen LogP contribution is -2.38. The maximum absolute atomic E-state index is 14.1. The van der Waals surface area contributed by atoms with Crippen LogP contribution in [-0.2, 0) is 26.9 Å². The molecule has 0 radical (unpaired) electrons. The fraction of sp³-hybridized carbons (Fsp3) is 0.469. The molecule has 2 N–H and O–H groups in total. The molecule has 6 rings (SSSR count). The number of imidazole rings is 1. The molecule has 1 saturated carbocycles. The fourth-order valence-corrected chi connectivity index (χ4v) is 5.89. The number of halogens is 3. The molecule has 1 aliphatic carbocycles. The van der Waals surface area contributed by atoms with Crippen LogP contribution in [-0.4, -0.2) is 94.0 Å². The predicted octanol–water partition coefficient (Wildman–Crippen LogP) is 4.26. The SMILES string of the molecule is CCc1c(C(=O)NCCOCCN2CCOCC2)ccc(Nc2nccn3c(-c4cn(C5CCC5)nc4C(F)(F)F)cnc23)c1OC=O. The standard InChI is InChI=1S/C32H37F3N8O5/c1-2-22-23(31(45)37-9-14-46-15-11-41-12-16-47-17-13-41)6-7-25(27(22)48-20-44)39-29-30-38-18-26(42(30)10-8-36-29)24-19-43(21-4-3-5-21)40-28(24)32(33,34)35/h6-8,10,18-21H,2-5,9,11-17H2,1H3,(H,36,39)(H,37,45). The number of nitrogens with zero attached hydrogens (tertiary/aromatic N) is 6. The van der Waals surface area contributed by atoms with Gasteiger partial charge in [-0.2, -0.15) is 18.3 Å². The molecule has 1 amide bonds. The third kappa shape index (κ3) is 7.15. The van der Waals surface area contributed by atoms with Gasteiger partial charge in [-0.15, -0.1) is 0 Å². The van der Waals surface area contributed by atoms with E-state index in [1.165, 1.54) is 33.9 Å². The lowest BCUT2D eigenvalue weighted by Gasteiger charge is -2.26. The third-order valence-corrected chi connectivity index (χ3v) is 8.62. The van der Waals surface area contributed by atoms with E-state index < -0.39 is 11.9 Å². The van der Waals surface area contributed by atoms with E-state index in [9.17, 15) is 22.8 Å². The summed E-state index contributed by atoms with van der Waals surface area (Å²) in [7, 11) is 0. The van der Waals surface area contributed by atoms with Gasteiger partial charge in [-0.25, -0.2) is 9.97 Å². The fourth-order valence-electron chi connectivity index (χ4n) is 5.89. The van der Waals surface area contributed by atoms with E-state index in [-0.39, 0.29) is 46.9 Å². The molecule has 0 unspecified atom stereocenters. The molecule has 1 aromatic carbocycles. The van der Waals surface area contributed by atoms with Crippen LogP contribution in [0.4, 0.5) is 24.7 Å². The highest BCUT2D eigenvalue weighted by Gasteiger charge is 2.39. The van der Waals surface area contributed by atoms with Gasteiger partial charge in [0.15, 0.2) is 22.9 Å². The average molecular weight is 671 g/mol. The maximum Gasteiger partial charge on any atom is 0.435 e. The first-order valence-corrected chi connectivity index (χ1v) is 16.0. The number of carbonyl (C=O) groups is 2. The van der Waals surface area contributed by atoms with Gasteiger partial charge >= 0.3 is 6.18 Å². The number of amides is 1. The first-order valence-electron chi connectivity index (χ1n) is 16.0. The van der Waals surface area contributed by atoms with Gasteiger partial charge in [-0.3, -0.25) is 23.6 Å². The Labute approximate surface area is 274 Å². The molecule has 1 saturated heterocycles. The van der Waals surface area contributed by atoms with E-state index in [1.807, 2.05) is 6.92 Å². The van der Waals surface area contributed by atoms with Crippen LogP contribution < -0.4 is 15.4 Å². The first kappa shape index (κ1) is 33.4. The van der Waals surface area contributed by atoms with Gasteiger partial charge in [-0.1, -0.05) is 6.92 Å². The number of hydrogen-bond donors (Lipinski definition) is 2. The summed E-state index contributed by atoms with van der Waals surface area (Å²) >= 11 is 0. The van der Waals surface area contributed by atoms with Crippen molar-refractivity contribution in [2.75, 3.05) is 57.9 Å². The third-order valence-electron chi connectivity index (χ3n) is 8.62. The van der Waals surface area contributed by atoms with E-state index in [2.05, 4.69) is 30.6 Å². The van der Waals surface area contributed by atoms with Gasteiger partial charge < -0.3 is 24.8 Å². The summed E-state index contributed by atoms with van der Waals surface area (Å²) in [6.45, 7) is 7.24. The van der Waals surface area contributed by atoms with Crippen molar-refractivity contribution in [3.63, 3.8) is 0 Å². The molecule has 0 bridgehead atoms. The second-order valence-corrected chi connectivity index (χ2v) is 11.6. The zero-order valence-corrected chi connectivity index (χ0v) is 26.5. The van der Waals surface area contributed by atoms with Crippen LogP contribution in [0.25, 0.3) is 16.9 Å². The number of benzene rings is 1. The van der Waals surface area contributed by atoms with Gasteiger partial charge in [0.2, 0.25) is 0 Å². The molecule has 2 aliphatic rings. The Morgan fingerprint density at radius 2 is 1.98 bits per heavy atom. The maximum atomic E-state index is 14.1. The van der Waals surface area contributed by atoms with Gasteiger partial charge in [-0.05, 0) is 37.8 Å². The second-order valence-electron chi connectivity index (χ2n) is 11.6. The minimum absolute atomic E-state index is 0.0640. The number of ether oxygens (including phenoxy) is 3. The highest BCUT2D eigenvalue weighted by molar-refractivity contribution is 5.97. The van der Waals surface area contributed by atoms with E-state index in [0.29, 0.717) is 43.0 Å². The Hall–Kier alpha value is -4.54. The van der Waals surface area contributed by atoms with Crippen LogP contribution in [0.1, 0.15) is 53.8 Å². The summed E-state index contributed by atoms with van der Waals surface area (Å²) < 4.78 is 61.5. The molecule has 16 heteroatoms. The second kappa shape index (κ2) is 14.7. The molecule has 2 fully saturated rings. The zero-order chi connectivity index (χ0) is 33.7. The molecule has 1 aliphatic heterocycles. The van der Waals surface area contributed by atoms with Gasteiger partial charge in [0.05, 0.1) is 55.6 Å². The number of anilines is 2. The molecule has 48 heavy (non-hydrogen) atoms. The van der Waals surface area contributed by atoms with Gasteiger partial charge in [0, 0.05) is 55.9 Å². The van der Waals surface area contributed by atoms with Crippen LogP contribution in [0.15, 0.2) is 36.9 Å². The summed E-state index contributed by atoms with van der Waals surface area (Å²) in [5.74, 6) is -0.0291. The van der Waals surface area contributed by atoms with E-state index in [0.717, 1.165) is 52.1 Å². The number of nitrogens with one attached hydrogen (secondary N) is 2. The number of aromatic nitrogens is 5. The minimum Gasteiger partial charge on any atom is -0.426 e. The topological polar surface area (TPSA) is 137 Å². The summed E-state index contributed by atoms with van der Waals surface area (Å²) in [5.41, 5.74) is 0.491. The van der Waals surface area contributed by atoms with E-state index in [1.54, 1.807) is 12.1 Å². The van der Waals surface area contributed by atoms with Crippen molar-refractivity contribution in [1.82, 2.24) is 34.4 Å². The number of fused-ring (bicyclic) bond motifs is 1. The Kier molecular flexibility index (Phi) is 10.2. The highest BCUT2D eigenvalue weighted by atomic mass is 19.4. The molecule has 13 nitrogen and oxygen atoms in total. The molecular formula is C32H37F3N8O5. The summed E-state index contributed by atoms with van der Waals surface area (Å²) in [6.07, 6.45) is 3.91. The van der Waals surface area contributed by atoms with Crippen LogP contribution in [0.5, 0.6) is 5.75 Å². The quantitative estimate of drug-likeness (QED) is 0.148. The minimum atomic E-state index is -4.66. The van der Waals surface area contributed by atoms with Crippen LogP contribution in [0, 0.1) is 0 Å². The highest BCUT2D eigenvalue weighted by Crippen LogP contribution is 2.40. The summed E-state index contributed by atoms with van der Waals surface area (Å²) in [5, 5.41) is 9.85. The molecule has 3 aromatic heterocycles. The Morgan fingerprint density at radius 1 is 1.17 bits per heavy atom. The lowest BCUT2D eigenvalue weighted by atomic mass is 9.93.